The standard InChI is InChI=1S/C14H14O3S/c1-8(2)9-3-5-10(6-4-9)12-7-11(15)13(18-12)14(16)17/h3-8,15H,1-2H3,(H,16,17). The summed E-state index contributed by atoms with van der Waals surface area (Å²) in [5.74, 6) is -0.802. The van der Waals surface area contributed by atoms with Crippen LogP contribution in [-0.2, 0) is 0 Å². The van der Waals surface area contributed by atoms with Gasteiger partial charge >= 0.3 is 5.97 Å². The summed E-state index contributed by atoms with van der Waals surface area (Å²) < 4.78 is 0. The van der Waals surface area contributed by atoms with Crippen LogP contribution in [0.3, 0.4) is 0 Å². The normalized spacial score (nSPS) is 10.8. The van der Waals surface area contributed by atoms with Crippen molar-refractivity contribution in [1.29, 1.82) is 0 Å². The smallest absolute Gasteiger partial charge is 0.349 e. The van der Waals surface area contributed by atoms with Crippen LogP contribution in [-0.4, -0.2) is 16.2 Å². The maximum atomic E-state index is 10.9. The highest BCUT2D eigenvalue weighted by molar-refractivity contribution is 7.17. The molecule has 2 aromatic rings. The van der Waals surface area contributed by atoms with Gasteiger partial charge in [-0.15, -0.1) is 11.3 Å². The van der Waals surface area contributed by atoms with Gasteiger partial charge in [0.2, 0.25) is 0 Å². The second kappa shape index (κ2) is 4.82. The lowest BCUT2D eigenvalue weighted by Crippen LogP contribution is -1.90. The highest BCUT2D eigenvalue weighted by Gasteiger charge is 2.15. The van der Waals surface area contributed by atoms with Crippen LogP contribution in [0.25, 0.3) is 10.4 Å². The highest BCUT2D eigenvalue weighted by atomic mass is 32.1. The predicted molar refractivity (Wildman–Crippen MR) is 72.5 cm³/mol. The molecule has 1 heterocycles. The Morgan fingerprint density at radius 3 is 2.28 bits per heavy atom. The van der Waals surface area contributed by atoms with E-state index in [0.29, 0.717) is 5.92 Å². The van der Waals surface area contributed by atoms with E-state index in [0.717, 1.165) is 21.8 Å². The minimum Gasteiger partial charge on any atom is -0.506 e. The van der Waals surface area contributed by atoms with Gasteiger partial charge in [-0.2, -0.15) is 0 Å². The first kappa shape index (κ1) is 12.6. The lowest BCUT2D eigenvalue weighted by molar-refractivity contribution is 0.0699. The monoisotopic (exact) mass is 262 g/mol. The van der Waals surface area contributed by atoms with E-state index in [1.165, 1.54) is 11.6 Å². The molecule has 0 amide bonds. The molecular formula is C14H14O3S. The average Bonchev–Trinajstić information content (AvgIpc) is 2.71. The molecule has 0 aliphatic carbocycles. The molecule has 1 aromatic heterocycles. The Morgan fingerprint density at radius 2 is 1.83 bits per heavy atom. The van der Waals surface area contributed by atoms with Crippen LogP contribution in [0.15, 0.2) is 30.3 Å². The topological polar surface area (TPSA) is 57.5 Å². The number of aromatic hydroxyl groups is 1. The molecule has 2 N–H and O–H groups in total. The summed E-state index contributed by atoms with van der Waals surface area (Å²) >= 11 is 1.09. The molecule has 0 fully saturated rings. The molecule has 0 spiro atoms. The predicted octanol–water partition coefficient (Wildman–Crippen LogP) is 3.94. The number of carboxylic acids is 1. The van der Waals surface area contributed by atoms with Gasteiger partial charge in [-0.3, -0.25) is 0 Å². The number of rotatable bonds is 3. The van der Waals surface area contributed by atoms with Crippen LogP contribution in [0.1, 0.15) is 35.0 Å². The zero-order chi connectivity index (χ0) is 13.3. The fraction of sp³-hybridized carbons (Fsp3) is 0.214. The minimum atomic E-state index is -1.09. The Morgan fingerprint density at radius 1 is 1.22 bits per heavy atom. The van der Waals surface area contributed by atoms with Crippen molar-refractivity contribution in [2.75, 3.05) is 0 Å². The number of aromatic carboxylic acids is 1. The summed E-state index contributed by atoms with van der Waals surface area (Å²) in [5, 5.41) is 18.4. The molecule has 18 heavy (non-hydrogen) atoms. The zero-order valence-electron chi connectivity index (χ0n) is 10.2. The first-order valence-corrected chi connectivity index (χ1v) is 6.47. The van der Waals surface area contributed by atoms with Crippen molar-refractivity contribution in [3.63, 3.8) is 0 Å². The molecule has 0 radical (unpaired) electrons. The molecule has 3 nitrogen and oxygen atoms in total. The third-order valence-electron chi connectivity index (χ3n) is 2.77. The molecule has 0 saturated heterocycles. The Hall–Kier alpha value is -1.81. The number of thiophene rings is 1. The van der Waals surface area contributed by atoms with Crippen molar-refractivity contribution in [3.05, 3.63) is 40.8 Å². The third kappa shape index (κ3) is 2.38. The maximum Gasteiger partial charge on any atom is 0.349 e. The van der Waals surface area contributed by atoms with Gasteiger partial charge in [0, 0.05) is 4.88 Å². The molecule has 0 unspecified atom stereocenters. The minimum absolute atomic E-state index is 0.0158. The van der Waals surface area contributed by atoms with E-state index in [9.17, 15) is 9.90 Å². The van der Waals surface area contributed by atoms with E-state index in [1.807, 2.05) is 24.3 Å². The summed E-state index contributed by atoms with van der Waals surface area (Å²) in [7, 11) is 0. The van der Waals surface area contributed by atoms with E-state index >= 15 is 0 Å². The fourth-order valence-electron chi connectivity index (χ4n) is 1.71. The fourth-order valence-corrected chi connectivity index (χ4v) is 2.60. The Balaban J connectivity index is 2.37. The average molecular weight is 262 g/mol. The zero-order valence-corrected chi connectivity index (χ0v) is 11.0. The number of hydrogen-bond donors (Lipinski definition) is 2. The van der Waals surface area contributed by atoms with Crippen molar-refractivity contribution in [2.45, 2.75) is 19.8 Å². The molecule has 0 aliphatic heterocycles. The van der Waals surface area contributed by atoms with E-state index in [-0.39, 0.29) is 10.6 Å². The van der Waals surface area contributed by atoms with Crippen LogP contribution in [0, 0.1) is 0 Å². The molecular weight excluding hydrogens is 248 g/mol. The molecule has 4 heteroatoms. The Kier molecular flexibility index (Phi) is 3.39. The van der Waals surface area contributed by atoms with Crippen LogP contribution in [0.4, 0.5) is 0 Å². The van der Waals surface area contributed by atoms with E-state index < -0.39 is 5.97 Å². The highest BCUT2D eigenvalue weighted by Crippen LogP contribution is 2.35. The SMILES string of the molecule is CC(C)c1ccc(-c2cc(O)c(C(=O)O)s2)cc1. The molecule has 2 rings (SSSR count). The van der Waals surface area contributed by atoms with Gasteiger partial charge in [0.1, 0.15) is 5.75 Å². The van der Waals surface area contributed by atoms with Gasteiger partial charge < -0.3 is 10.2 Å². The summed E-state index contributed by atoms with van der Waals surface area (Å²) in [5.41, 5.74) is 2.16. The second-order valence-electron chi connectivity index (χ2n) is 4.41. The number of benzene rings is 1. The first-order valence-electron chi connectivity index (χ1n) is 5.65. The quantitative estimate of drug-likeness (QED) is 0.880. The first-order chi connectivity index (χ1) is 8.49. The van der Waals surface area contributed by atoms with Gasteiger partial charge in [-0.05, 0) is 23.1 Å². The Labute approximate surface area is 109 Å². The maximum absolute atomic E-state index is 10.9. The number of carboxylic acid groups (broad SMARTS) is 1. The second-order valence-corrected chi connectivity index (χ2v) is 5.46. The third-order valence-corrected chi connectivity index (χ3v) is 3.93. The lowest BCUT2D eigenvalue weighted by atomic mass is 10.0. The van der Waals surface area contributed by atoms with E-state index in [2.05, 4.69) is 13.8 Å². The summed E-state index contributed by atoms with van der Waals surface area (Å²) in [6.45, 7) is 4.24. The lowest BCUT2D eigenvalue weighted by Gasteiger charge is -2.05. The van der Waals surface area contributed by atoms with Crippen molar-refractivity contribution in [3.8, 4) is 16.2 Å². The summed E-state index contributed by atoms with van der Waals surface area (Å²) in [6.07, 6.45) is 0. The number of carbonyl (C=O) groups is 1. The molecule has 94 valence electrons. The van der Waals surface area contributed by atoms with Crippen LogP contribution in [0.2, 0.25) is 0 Å². The molecule has 0 atom stereocenters. The molecule has 0 saturated carbocycles. The molecule has 1 aromatic carbocycles. The van der Waals surface area contributed by atoms with Gasteiger partial charge in [0.15, 0.2) is 4.88 Å². The van der Waals surface area contributed by atoms with Crippen molar-refractivity contribution in [1.82, 2.24) is 0 Å². The van der Waals surface area contributed by atoms with Crippen LogP contribution >= 0.6 is 11.3 Å². The van der Waals surface area contributed by atoms with Crippen LogP contribution < -0.4 is 0 Å². The van der Waals surface area contributed by atoms with Gasteiger partial charge in [0.05, 0.1) is 0 Å². The van der Waals surface area contributed by atoms with Gasteiger partial charge in [-0.25, -0.2) is 4.79 Å². The van der Waals surface area contributed by atoms with E-state index in [4.69, 9.17) is 5.11 Å². The number of hydrogen-bond acceptors (Lipinski definition) is 3. The molecule has 0 bridgehead atoms. The van der Waals surface area contributed by atoms with Gasteiger partial charge in [0.25, 0.3) is 0 Å². The van der Waals surface area contributed by atoms with E-state index in [1.54, 1.807) is 0 Å². The van der Waals surface area contributed by atoms with Crippen LogP contribution in [0.5, 0.6) is 5.75 Å². The largest absolute Gasteiger partial charge is 0.506 e. The van der Waals surface area contributed by atoms with Gasteiger partial charge in [-0.1, -0.05) is 38.1 Å². The van der Waals surface area contributed by atoms with Crippen molar-refractivity contribution >= 4 is 17.3 Å². The summed E-state index contributed by atoms with van der Waals surface area (Å²) in [6, 6.07) is 9.45. The van der Waals surface area contributed by atoms with Crippen molar-refractivity contribution < 1.29 is 15.0 Å². The molecule has 0 aliphatic rings. The Bertz CT molecular complexity index is 567. The summed E-state index contributed by atoms with van der Waals surface area (Å²) in [4.78, 5) is 11.6. The van der Waals surface area contributed by atoms with Crippen molar-refractivity contribution in [2.24, 2.45) is 0 Å².